The van der Waals surface area contributed by atoms with Crippen LogP contribution in [0.25, 0.3) is 0 Å². The van der Waals surface area contributed by atoms with Gasteiger partial charge in [0.15, 0.2) is 0 Å². The molecule has 22 heavy (non-hydrogen) atoms. The number of aryl methyl sites for hydroxylation is 3. The van der Waals surface area contributed by atoms with Crippen LogP contribution < -0.4 is 0 Å². The van der Waals surface area contributed by atoms with Crippen LogP contribution in [0, 0.1) is 20.8 Å². The SMILES string of the molecule is Cc1cc(C)c(Cn2cc(C(C)(C)C)nc2C(=O)O)c(C)c1. The Kier molecular flexibility index (Phi) is 4.14. The third-order valence-electron chi connectivity index (χ3n) is 3.91. The lowest BCUT2D eigenvalue weighted by Crippen LogP contribution is -2.12. The number of hydrogen-bond acceptors (Lipinski definition) is 2. The molecule has 1 N–H and O–H groups in total. The minimum atomic E-state index is -0.988. The Hall–Kier alpha value is -2.10. The predicted octanol–water partition coefficient (Wildman–Crippen LogP) is 3.85. The number of rotatable bonds is 3. The van der Waals surface area contributed by atoms with E-state index in [1.54, 1.807) is 4.57 Å². The standard InChI is InChI=1S/C18H24N2O2/c1-11-7-12(2)14(13(3)8-11)9-20-10-15(18(4,5)6)19-16(20)17(21)22/h7-8,10H,9H2,1-6H3,(H,21,22). The molecule has 118 valence electrons. The van der Waals surface area contributed by atoms with Crippen LogP contribution >= 0.6 is 0 Å². The van der Waals surface area contributed by atoms with Crippen molar-refractivity contribution in [3.8, 4) is 0 Å². The molecule has 0 bridgehead atoms. The van der Waals surface area contributed by atoms with Gasteiger partial charge in [-0.2, -0.15) is 0 Å². The minimum absolute atomic E-state index is 0.101. The summed E-state index contributed by atoms with van der Waals surface area (Å²) in [5.41, 5.74) is 5.36. The van der Waals surface area contributed by atoms with Crippen molar-refractivity contribution in [2.45, 2.75) is 53.5 Å². The van der Waals surface area contributed by atoms with Gasteiger partial charge in [0.05, 0.1) is 5.69 Å². The average Bonchev–Trinajstić information content (AvgIpc) is 2.77. The van der Waals surface area contributed by atoms with Crippen LogP contribution in [-0.2, 0) is 12.0 Å². The Morgan fingerprint density at radius 1 is 1.18 bits per heavy atom. The first-order valence-electron chi connectivity index (χ1n) is 7.47. The first-order chi connectivity index (χ1) is 10.1. The van der Waals surface area contributed by atoms with Gasteiger partial charge in [-0.3, -0.25) is 0 Å². The normalized spacial score (nSPS) is 11.7. The van der Waals surface area contributed by atoms with Crippen molar-refractivity contribution in [1.29, 1.82) is 0 Å². The van der Waals surface area contributed by atoms with Gasteiger partial charge in [0.25, 0.3) is 0 Å². The van der Waals surface area contributed by atoms with Crippen molar-refractivity contribution in [1.82, 2.24) is 9.55 Å². The van der Waals surface area contributed by atoms with Crippen LogP contribution in [0.3, 0.4) is 0 Å². The highest BCUT2D eigenvalue weighted by atomic mass is 16.4. The highest BCUT2D eigenvalue weighted by Gasteiger charge is 2.23. The molecule has 2 aromatic rings. The average molecular weight is 300 g/mol. The van der Waals surface area contributed by atoms with Gasteiger partial charge in [-0.1, -0.05) is 38.5 Å². The van der Waals surface area contributed by atoms with E-state index in [0.717, 1.165) is 11.3 Å². The summed E-state index contributed by atoms with van der Waals surface area (Å²) < 4.78 is 1.74. The van der Waals surface area contributed by atoms with E-state index in [0.29, 0.717) is 6.54 Å². The number of imidazole rings is 1. The molecule has 4 heteroatoms. The summed E-state index contributed by atoms with van der Waals surface area (Å²) in [5, 5.41) is 9.42. The lowest BCUT2D eigenvalue weighted by molar-refractivity contribution is 0.0678. The fourth-order valence-electron chi connectivity index (χ4n) is 2.70. The summed E-state index contributed by atoms with van der Waals surface area (Å²) in [5.74, 6) is -0.887. The summed E-state index contributed by atoms with van der Waals surface area (Å²) in [6.07, 6.45) is 1.86. The van der Waals surface area contributed by atoms with Crippen molar-refractivity contribution >= 4 is 5.97 Å². The molecule has 0 amide bonds. The van der Waals surface area contributed by atoms with Gasteiger partial charge in [-0.25, -0.2) is 9.78 Å². The smallest absolute Gasteiger partial charge is 0.372 e. The molecule has 0 aliphatic carbocycles. The number of carboxylic acids is 1. The molecule has 2 rings (SSSR count). The van der Waals surface area contributed by atoms with Crippen LogP contribution in [0.2, 0.25) is 0 Å². The molecular weight excluding hydrogens is 276 g/mol. The van der Waals surface area contributed by atoms with E-state index in [9.17, 15) is 9.90 Å². The Bertz CT molecular complexity index is 698. The van der Waals surface area contributed by atoms with E-state index in [2.05, 4.69) is 37.9 Å². The van der Waals surface area contributed by atoms with E-state index in [1.807, 2.05) is 27.0 Å². The maximum atomic E-state index is 11.5. The zero-order valence-electron chi connectivity index (χ0n) is 14.2. The summed E-state index contributed by atoms with van der Waals surface area (Å²) >= 11 is 0. The number of carboxylic acid groups (broad SMARTS) is 1. The predicted molar refractivity (Wildman–Crippen MR) is 87.6 cm³/mol. The van der Waals surface area contributed by atoms with Crippen molar-refractivity contribution in [3.63, 3.8) is 0 Å². The Labute approximate surface area is 131 Å². The first kappa shape index (κ1) is 16.3. The molecular formula is C18H24N2O2. The number of nitrogens with zero attached hydrogens (tertiary/aromatic N) is 2. The Balaban J connectivity index is 2.50. The topological polar surface area (TPSA) is 55.1 Å². The summed E-state index contributed by atoms with van der Waals surface area (Å²) in [6, 6.07) is 4.26. The molecule has 0 saturated heterocycles. The number of aromatic nitrogens is 2. The quantitative estimate of drug-likeness (QED) is 0.936. The van der Waals surface area contributed by atoms with Crippen molar-refractivity contribution in [2.24, 2.45) is 0 Å². The molecule has 0 spiro atoms. The molecule has 0 saturated carbocycles. The Morgan fingerprint density at radius 3 is 2.18 bits per heavy atom. The summed E-state index contributed by atoms with van der Waals surface area (Å²) in [7, 11) is 0. The van der Waals surface area contributed by atoms with Crippen LogP contribution in [0.1, 0.15) is 59.3 Å². The lowest BCUT2D eigenvalue weighted by atomic mass is 9.93. The van der Waals surface area contributed by atoms with Crippen LogP contribution in [-0.4, -0.2) is 20.6 Å². The second kappa shape index (κ2) is 5.59. The van der Waals surface area contributed by atoms with Gasteiger partial charge in [-0.05, 0) is 37.5 Å². The summed E-state index contributed by atoms with van der Waals surface area (Å²) in [4.78, 5) is 15.8. The van der Waals surface area contributed by atoms with E-state index >= 15 is 0 Å². The third-order valence-corrected chi connectivity index (χ3v) is 3.91. The van der Waals surface area contributed by atoms with Gasteiger partial charge in [0.1, 0.15) is 0 Å². The molecule has 0 unspecified atom stereocenters. The molecule has 0 aliphatic rings. The molecule has 0 aliphatic heterocycles. The fraction of sp³-hybridized carbons (Fsp3) is 0.444. The van der Waals surface area contributed by atoms with Crippen LogP contribution in [0.5, 0.6) is 0 Å². The lowest BCUT2D eigenvalue weighted by Gasteiger charge is -2.15. The minimum Gasteiger partial charge on any atom is -0.475 e. The van der Waals surface area contributed by atoms with E-state index in [4.69, 9.17) is 0 Å². The Morgan fingerprint density at radius 2 is 1.73 bits per heavy atom. The maximum absolute atomic E-state index is 11.5. The second-order valence-corrected chi connectivity index (χ2v) is 7.01. The van der Waals surface area contributed by atoms with Crippen molar-refractivity contribution in [3.05, 3.63) is 52.1 Å². The summed E-state index contributed by atoms with van der Waals surface area (Å²) in [6.45, 7) is 12.8. The first-order valence-corrected chi connectivity index (χ1v) is 7.47. The fourth-order valence-corrected chi connectivity index (χ4v) is 2.70. The molecule has 1 heterocycles. The molecule has 0 atom stereocenters. The third kappa shape index (κ3) is 3.21. The highest BCUT2D eigenvalue weighted by molar-refractivity contribution is 5.83. The van der Waals surface area contributed by atoms with Gasteiger partial charge in [-0.15, -0.1) is 0 Å². The van der Waals surface area contributed by atoms with Gasteiger partial charge in [0.2, 0.25) is 5.82 Å². The van der Waals surface area contributed by atoms with Gasteiger partial charge < -0.3 is 9.67 Å². The number of hydrogen-bond donors (Lipinski definition) is 1. The van der Waals surface area contributed by atoms with Crippen LogP contribution in [0.15, 0.2) is 18.3 Å². The van der Waals surface area contributed by atoms with Gasteiger partial charge >= 0.3 is 5.97 Å². The molecule has 0 fully saturated rings. The van der Waals surface area contributed by atoms with E-state index in [1.165, 1.54) is 16.7 Å². The molecule has 0 radical (unpaired) electrons. The number of benzene rings is 1. The van der Waals surface area contributed by atoms with E-state index < -0.39 is 5.97 Å². The number of carbonyl (C=O) groups is 1. The van der Waals surface area contributed by atoms with E-state index in [-0.39, 0.29) is 11.2 Å². The number of aromatic carboxylic acids is 1. The van der Waals surface area contributed by atoms with Crippen molar-refractivity contribution < 1.29 is 9.90 Å². The largest absolute Gasteiger partial charge is 0.475 e. The monoisotopic (exact) mass is 300 g/mol. The van der Waals surface area contributed by atoms with Crippen LogP contribution in [0.4, 0.5) is 0 Å². The second-order valence-electron chi connectivity index (χ2n) is 7.01. The maximum Gasteiger partial charge on any atom is 0.372 e. The molecule has 1 aromatic heterocycles. The zero-order valence-corrected chi connectivity index (χ0v) is 14.2. The molecule has 1 aromatic carbocycles. The highest BCUT2D eigenvalue weighted by Crippen LogP contribution is 2.24. The molecule has 4 nitrogen and oxygen atoms in total. The van der Waals surface area contributed by atoms with Crippen molar-refractivity contribution in [2.75, 3.05) is 0 Å². The van der Waals surface area contributed by atoms with Gasteiger partial charge in [0, 0.05) is 18.2 Å². The zero-order chi connectivity index (χ0) is 16.7.